The van der Waals surface area contributed by atoms with Crippen molar-refractivity contribution in [1.29, 1.82) is 0 Å². The number of carbonyl (C=O) groups excluding carboxylic acids is 1. The lowest BCUT2D eigenvalue weighted by atomic mass is 10.2. The molecule has 1 N–H and O–H groups in total. The van der Waals surface area contributed by atoms with Crippen molar-refractivity contribution >= 4 is 40.1 Å². The first-order valence-corrected chi connectivity index (χ1v) is 11.2. The van der Waals surface area contributed by atoms with Gasteiger partial charge in [0.1, 0.15) is 11.6 Å². The number of rotatable bonds is 8. The van der Waals surface area contributed by atoms with Gasteiger partial charge in [0.25, 0.3) is 5.91 Å². The van der Waals surface area contributed by atoms with Crippen LogP contribution in [0.2, 0.25) is 10.0 Å². The maximum absolute atomic E-state index is 12.7. The van der Waals surface area contributed by atoms with E-state index in [0.717, 1.165) is 23.3 Å². The fraction of sp³-hybridized carbons (Fsp3) is 0.200. The average Bonchev–Trinajstić information content (AvgIpc) is 3.16. The van der Waals surface area contributed by atoms with Gasteiger partial charge in [-0.05, 0) is 55.8 Å². The molecule has 0 aliphatic heterocycles. The predicted octanol–water partition coefficient (Wildman–Crippen LogP) is 6.30. The van der Waals surface area contributed by atoms with Crippen LogP contribution in [0.25, 0.3) is 11.0 Å². The van der Waals surface area contributed by atoms with Crippen molar-refractivity contribution in [2.45, 2.75) is 25.9 Å². The zero-order valence-electron chi connectivity index (χ0n) is 17.6. The van der Waals surface area contributed by atoms with Crippen LogP contribution in [0.5, 0.6) is 5.75 Å². The SMILES string of the molecule is CC(NC(=O)c1cccc(Cl)c1)c1nc2ccccc2n1CCCOc1ccccc1Cl. The number of nitrogens with zero attached hydrogens (tertiary/aromatic N) is 2. The van der Waals surface area contributed by atoms with Gasteiger partial charge < -0.3 is 14.6 Å². The van der Waals surface area contributed by atoms with Gasteiger partial charge in [0, 0.05) is 17.1 Å². The van der Waals surface area contributed by atoms with Crippen LogP contribution in [0.15, 0.2) is 72.8 Å². The first kappa shape index (κ1) is 22.2. The molecule has 5 nitrogen and oxygen atoms in total. The lowest BCUT2D eigenvalue weighted by molar-refractivity contribution is 0.0937. The lowest BCUT2D eigenvalue weighted by Crippen LogP contribution is -2.28. The Labute approximate surface area is 196 Å². The maximum Gasteiger partial charge on any atom is 0.251 e. The van der Waals surface area contributed by atoms with E-state index in [1.54, 1.807) is 24.3 Å². The standard InChI is InChI=1S/C25H23Cl2N3O2/c1-17(28-25(31)18-8-6-9-19(26)16-18)24-29-21-11-3-4-12-22(21)30(24)14-7-15-32-23-13-5-2-10-20(23)27/h2-6,8-13,16-17H,7,14-15H2,1H3,(H,28,31). The Hall–Kier alpha value is -3.02. The molecule has 0 fully saturated rings. The molecule has 1 aromatic heterocycles. The topological polar surface area (TPSA) is 56.2 Å². The highest BCUT2D eigenvalue weighted by atomic mass is 35.5. The summed E-state index contributed by atoms with van der Waals surface area (Å²) in [7, 11) is 0. The highest BCUT2D eigenvalue weighted by Gasteiger charge is 2.19. The van der Waals surface area contributed by atoms with Gasteiger partial charge in [-0.15, -0.1) is 0 Å². The molecule has 0 radical (unpaired) electrons. The predicted molar refractivity (Wildman–Crippen MR) is 129 cm³/mol. The molecule has 1 heterocycles. The Balaban J connectivity index is 1.49. The molecular formula is C25H23Cl2N3O2. The first-order valence-electron chi connectivity index (χ1n) is 10.4. The highest BCUT2D eigenvalue weighted by Crippen LogP contribution is 2.24. The fourth-order valence-electron chi connectivity index (χ4n) is 3.60. The Morgan fingerprint density at radius 1 is 1.06 bits per heavy atom. The Morgan fingerprint density at radius 2 is 1.84 bits per heavy atom. The zero-order valence-corrected chi connectivity index (χ0v) is 19.1. The second-order valence-corrected chi connectivity index (χ2v) is 8.29. The summed E-state index contributed by atoms with van der Waals surface area (Å²) < 4.78 is 7.97. The molecule has 0 aliphatic rings. The van der Waals surface area contributed by atoms with Gasteiger partial charge in [0.05, 0.1) is 28.7 Å². The van der Waals surface area contributed by atoms with Crippen molar-refractivity contribution in [3.63, 3.8) is 0 Å². The highest BCUT2D eigenvalue weighted by molar-refractivity contribution is 6.32. The largest absolute Gasteiger partial charge is 0.492 e. The van der Waals surface area contributed by atoms with E-state index in [2.05, 4.69) is 9.88 Å². The number of hydrogen-bond donors (Lipinski definition) is 1. The molecule has 1 unspecified atom stereocenters. The molecule has 0 bridgehead atoms. The fourth-order valence-corrected chi connectivity index (χ4v) is 3.98. The molecule has 32 heavy (non-hydrogen) atoms. The summed E-state index contributed by atoms with van der Waals surface area (Å²) in [5.41, 5.74) is 2.42. The van der Waals surface area contributed by atoms with Crippen LogP contribution < -0.4 is 10.1 Å². The number of halogens is 2. The number of para-hydroxylation sites is 3. The smallest absolute Gasteiger partial charge is 0.251 e. The van der Waals surface area contributed by atoms with Crippen LogP contribution in [-0.2, 0) is 6.54 Å². The van der Waals surface area contributed by atoms with Crippen molar-refractivity contribution in [1.82, 2.24) is 14.9 Å². The van der Waals surface area contributed by atoms with Gasteiger partial charge in [0.2, 0.25) is 0 Å². The number of nitrogens with one attached hydrogen (secondary N) is 1. The van der Waals surface area contributed by atoms with Gasteiger partial charge in [-0.1, -0.05) is 53.5 Å². The van der Waals surface area contributed by atoms with Crippen LogP contribution in [0.1, 0.15) is 35.6 Å². The molecule has 1 amide bonds. The first-order chi connectivity index (χ1) is 15.5. The summed E-state index contributed by atoms with van der Waals surface area (Å²) >= 11 is 12.2. The molecule has 0 saturated carbocycles. The number of fused-ring (bicyclic) bond motifs is 1. The number of aromatic nitrogens is 2. The molecule has 0 spiro atoms. The van der Waals surface area contributed by atoms with E-state index in [1.165, 1.54) is 0 Å². The van der Waals surface area contributed by atoms with E-state index in [1.807, 2.05) is 55.5 Å². The van der Waals surface area contributed by atoms with E-state index in [-0.39, 0.29) is 11.9 Å². The minimum Gasteiger partial charge on any atom is -0.492 e. The summed E-state index contributed by atoms with van der Waals surface area (Å²) in [5, 5.41) is 4.16. The number of hydrogen-bond acceptors (Lipinski definition) is 3. The van der Waals surface area contributed by atoms with Crippen molar-refractivity contribution < 1.29 is 9.53 Å². The summed E-state index contributed by atoms with van der Waals surface area (Å²) in [4.78, 5) is 17.5. The maximum atomic E-state index is 12.7. The minimum atomic E-state index is -0.293. The second kappa shape index (κ2) is 10.1. The number of benzene rings is 3. The monoisotopic (exact) mass is 467 g/mol. The summed E-state index contributed by atoms with van der Waals surface area (Å²) in [6, 6.07) is 22.0. The summed E-state index contributed by atoms with van der Waals surface area (Å²) in [6.07, 6.45) is 0.757. The van der Waals surface area contributed by atoms with Gasteiger partial charge >= 0.3 is 0 Å². The van der Waals surface area contributed by atoms with E-state index in [4.69, 9.17) is 32.9 Å². The zero-order chi connectivity index (χ0) is 22.5. The molecule has 0 aliphatic carbocycles. The van der Waals surface area contributed by atoms with Crippen LogP contribution in [-0.4, -0.2) is 22.1 Å². The molecule has 0 saturated heterocycles. The van der Waals surface area contributed by atoms with Crippen molar-refractivity contribution in [2.75, 3.05) is 6.61 Å². The molecular weight excluding hydrogens is 445 g/mol. The molecule has 4 aromatic rings. The van der Waals surface area contributed by atoms with Gasteiger partial charge in [-0.25, -0.2) is 4.98 Å². The normalized spacial score (nSPS) is 12.0. The molecule has 7 heteroatoms. The van der Waals surface area contributed by atoms with E-state index in [9.17, 15) is 4.79 Å². The quantitative estimate of drug-likeness (QED) is 0.309. The van der Waals surface area contributed by atoms with Crippen molar-refractivity contribution in [3.05, 3.63) is 94.2 Å². The van der Waals surface area contributed by atoms with Crippen LogP contribution >= 0.6 is 23.2 Å². The van der Waals surface area contributed by atoms with Gasteiger partial charge in [-0.3, -0.25) is 4.79 Å². The van der Waals surface area contributed by atoms with Crippen LogP contribution in [0.3, 0.4) is 0 Å². The third kappa shape index (κ3) is 5.06. The number of carbonyl (C=O) groups is 1. The van der Waals surface area contributed by atoms with E-state index < -0.39 is 0 Å². The van der Waals surface area contributed by atoms with Gasteiger partial charge in [0.15, 0.2) is 0 Å². The van der Waals surface area contributed by atoms with Crippen LogP contribution in [0.4, 0.5) is 0 Å². The third-order valence-electron chi connectivity index (χ3n) is 5.13. The van der Waals surface area contributed by atoms with E-state index in [0.29, 0.717) is 34.5 Å². The Kier molecular flexibility index (Phi) is 6.98. The summed E-state index contributed by atoms with van der Waals surface area (Å²) in [6.45, 7) is 3.14. The number of ether oxygens (including phenoxy) is 1. The number of amides is 1. The summed E-state index contributed by atoms with van der Waals surface area (Å²) in [5.74, 6) is 1.27. The second-order valence-electron chi connectivity index (χ2n) is 7.45. The van der Waals surface area contributed by atoms with Crippen LogP contribution in [0, 0.1) is 0 Å². The van der Waals surface area contributed by atoms with Gasteiger partial charge in [-0.2, -0.15) is 0 Å². The van der Waals surface area contributed by atoms with Crippen molar-refractivity contribution in [2.24, 2.45) is 0 Å². The Bertz CT molecular complexity index is 1240. The molecule has 3 aromatic carbocycles. The van der Waals surface area contributed by atoms with Crippen molar-refractivity contribution in [3.8, 4) is 5.75 Å². The average molecular weight is 468 g/mol. The molecule has 164 valence electrons. The van der Waals surface area contributed by atoms with E-state index >= 15 is 0 Å². The number of aryl methyl sites for hydroxylation is 1. The number of imidazole rings is 1. The molecule has 1 atom stereocenters. The molecule has 4 rings (SSSR count). The Morgan fingerprint density at radius 3 is 2.66 bits per heavy atom. The lowest BCUT2D eigenvalue weighted by Gasteiger charge is -2.17. The minimum absolute atomic E-state index is 0.194. The third-order valence-corrected chi connectivity index (χ3v) is 5.67.